The Morgan fingerprint density at radius 3 is 2.68 bits per heavy atom. The number of thiophene rings is 1. The summed E-state index contributed by atoms with van der Waals surface area (Å²) in [6.07, 6.45) is 1.30. The molecule has 0 saturated heterocycles. The number of aromatic carboxylic acids is 1. The van der Waals surface area contributed by atoms with Crippen molar-refractivity contribution >= 4 is 27.3 Å². The standard InChI is InChI=1S/C11H15NO5S2/c1-6-5-18-9(11(13)14)10(6)19(15,16)12-7-3-8(4-7)17-2/h5,7-8,12H,3-4H2,1-2H3,(H,13,14). The summed E-state index contributed by atoms with van der Waals surface area (Å²) >= 11 is 0.925. The average molecular weight is 305 g/mol. The Hall–Kier alpha value is -0.960. The van der Waals surface area contributed by atoms with E-state index in [-0.39, 0.29) is 21.9 Å². The second-order valence-electron chi connectivity index (χ2n) is 4.53. The largest absolute Gasteiger partial charge is 0.477 e. The van der Waals surface area contributed by atoms with E-state index in [4.69, 9.17) is 9.84 Å². The number of nitrogens with one attached hydrogen (secondary N) is 1. The van der Waals surface area contributed by atoms with Gasteiger partial charge in [0.1, 0.15) is 9.77 Å². The summed E-state index contributed by atoms with van der Waals surface area (Å²) < 4.78 is 32.1. The van der Waals surface area contributed by atoms with E-state index in [1.165, 1.54) is 5.38 Å². The van der Waals surface area contributed by atoms with Crippen molar-refractivity contribution in [2.45, 2.75) is 36.8 Å². The fourth-order valence-corrected chi connectivity index (χ4v) is 4.94. The van der Waals surface area contributed by atoms with Crippen LogP contribution in [-0.4, -0.2) is 38.7 Å². The SMILES string of the molecule is COC1CC(NS(=O)(=O)c2c(C)csc2C(=O)O)C1. The molecular weight excluding hydrogens is 290 g/mol. The highest BCUT2D eigenvalue weighted by Gasteiger charge is 2.35. The number of carboxylic acids is 1. The van der Waals surface area contributed by atoms with Crippen LogP contribution in [0.25, 0.3) is 0 Å². The van der Waals surface area contributed by atoms with Gasteiger partial charge in [-0.15, -0.1) is 11.3 Å². The Kier molecular flexibility index (Phi) is 3.95. The lowest BCUT2D eigenvalue weighted by Gasteiger charge is -2.34. The summed E-state index contributed by atoms with van der Waals surface area (Å²) in [4.78, 5) is 10.8. The van der Waals surface area contributed by atoms with E-state index in [2.05, 4.69) is 4.72 Å². The molecule has 1 aliphatic rings. The van der Waals surface area contributed by atoms with Crippen molar-refractivity contribution in [3.63, 3.8) is 0 Å². The highest BCUT2D eigenvalue weighted by atomic mass is 32.2. The lowest BCUT2D eigenvalue weighted by molar-refractivity contribution is 0.0236. The summed E-state index contributed by atoms with van der Waals surface area (Å²) in [5.41, 5.74) is 0.456. The molecule has 1 aliphatic carbocycles. The van der Waals surface area contributed by atoms with E-state index >= 15 is 0 Å². The van der Waals surface area contributed by atoms with Crippen LogP contribution < -0.4 is 4.72 Å². The number of ether oxygens (including phenoxy) is 1. The molecule has 0 bridgehead atoms. The van der Waals surface area contributed by atoms with Crippen molar-refractivity contribution in [1.29, 1.82) is 0 Å². The Balaban J connectivity index is 2.21. The molecule has 1 aromatic heterocycles. The maximum absolute atomic E-state index is 12.2. The van der Waals surface area contributed by atoms with Crippen LogP contribution in [0.2, 0.25) is 0 Å². The minimum atomic E-state index is -3.79. The average Bonchev–Trinajstić information content (AvgIpc) is 2.65. The first-order chi connectivity index (χ1) is 8.85. The molecule has 8 heteroatoms. The summed E-state index contributed by atoms with van der Waals surface area (Å²) in [7, 11) is -2.21. The molecule has 1 fully saturated rings. The van der Waals surface area contributed by atoms with Gasteiger partial charge in [0, 0.05) is 13.2 Å². The smallest absolute Gasteiger partial charge is 0.347 e. The molecule has 0 atom stereocenters. The van der Waals surface area contributed by atoms with Gasteiger partial charge in [-0.25, -0.2) is 17.9 Å². The van der Waals surface area contributed by atoms with Crippen molar-refractivity contribution in [3.8, 4) is 0 Å². The van der Waals surface area contributed by atoms with Gasteiger partial charge >= 0.3 is 5.97 Å². The van der Waals surface area contributed by atoms with Crippen LogP contribution in [-0.2, 0) is 14.8 Å². The second kappa shape index (κ2) is 5.20. The van der Waals surface area contributed by atoms with Crippen molar-refractivity contribution in [1.82, 2.24) is 4.72 Å². The van der Waals surface area contributed by atoms with Crippen LogP contribution in [0, 0.1) is 6.92 Å². The van der Waals surface area contributed by atoms with Gasteiger partial charge in [-0.3, -0.25) is 0 Å². The number of carbonyl (C=O) groups is 1. The second-order valence-corrected chi connectivity index (χ2v) is 7.06. The summed E-state index contributed by atoms with van der Waals surface area (Å²) in [6.45, 7) is 1.59. The van der Waals surface area contributed by atoms with Crippen LogP contribution in [0.5, 0.6) is 0 Å². The quantitative estimate of drug-likeness (QED) is 0.853. The van der Waals surface area contributed by atoms with Gasteiger partial charge in [-0.2, -0.15) is 0 Å². The van der Waals surface area contributed by atoms with Crippen molar-refractivity contribution in [2.24, 2.45) is 0 Å². The number of aryl methyl sites for hydroxylation is 1. The minimum Gasteiger partial charge on any atom is -0.477 e. The first-order valence-corrected chi connectivity index (χ1v) is 8.08. The van der Waals surface area contributed by atoms with Gasteiger partial charge in [0.05, 0.1) is 6.10 Å². The normalized spacial score (nSPS) is 23.1. The minimum absolute atomic E-state index is 0.0789. The molecule has 106 valence electrons. The highest BCUT2D eigenvalue weighted by molar-refractivity contribution is 7.89. The Morgan fingerprint density at radius 1 is 1.53 bits per heavy atom. The third-order valence-electron chi connectivity index (χ3n) is 3.13. The first kappa shape index (κ1) is 14.4. The molecule has 1 heterocycles. The van der Waals surface area contributed by atoms with E-state index in [0.717, 1.165) is 11.3 Å². The van der Waals surface area contributed by atoms with E-state index in [0.29, 0.717) is 18.4 Å². The number of rotatable bonds is 5. The molecule has 0 radical (unpaired) electrons. The van der Waals surface area contributed by atoms with E-state index in [9.17, 15) is 13.2 Å². The van der Waals surface area contributed by atoms with Crippen LogP contribution in [0.3, 0.4) is 0 Å². The lowest BCUT2D eigenvalue weighted by atomic mass is 9.90. The fourth-order valence-electron chi connectivity index (χ4n) is 2.05. The van der Waals surface area contributed by atoms with Gasteiger partial charge in [0.25, 0.3) is 0 Å². The molecule has 2 rings (SSSR count). The van der Waals surface area contributed by atoms with E-state index < -0.39 is 16.0 Å². The lowest BCUT2D eigenvalue weighted by Crippen LogP contribution is -2.47. The van der Waals surface area contributed by atoms with Crippen LogP contribution in [0.15, 0.2) is 10.3 Å². The van der Waals surface area contributed by atoms with Crippen molar-refractivity contribution in [3.05, 3.63) is 15.8 Å². The predicted octanol–water partition coefficient (Wildman–Crippen LogP) is 1.21. The molecule has 1 saturated carbocycles. The van der Waals surface area contributed by atoms with Crippen LogP contribution in [0.4, 0.5) is 0 Å². The molecule has 0 unspecified atom stereocenters. The van der Waals surface area contributed by atoms with Gasteiger partial charge in [0.15, 0.2) is 0 Å². The Morgan fingerprint density at radius 2 is 2.16 bits per heavy atom. The maximum atomic E-state index is 12.2. The third-order valence-corrected chi connectivity index (χ3v) is 6.05. The monoisotopic (exact) mass is 305 g/mol. The topological polar surface area (TPSA) is 92.7 Å². The molecule has 2 N–H and O–H groups in total. The van der Waals surface area contributed by atoms with E-state index in [1.54, 1.807) is 14.0 Å². The number of hydrogen-bond acceptors (Lipinski definition) is 5. The van der Waals surface area contributed by atoms with Gasteiger partial charge in [-0.1, -0.05) is 0 Å². The van der Waals surface area contributed by atoms with E-state index in [1.807, 2.05) is 0 Å². The van der Waals surface area contributed by atoms with Crippen molar-refractivity contribution < 1.29 is 23.1 Å². The van der Waals surface area contributed by atoms with Gasteiger partial charge < -0.3 is 9.84 Å². The molecule has 0 amide bonds. The van der Waals surface area contributed by atoms with Crippen LogP contribution >= 0.6 is 11.3 Å². The van der Waals surface area contributed by atoms with Crippen LogP contribution in [0.1, 0.15) is 28.1 Å². The highest BCUT2D eigenvalue weighted by Crippen LogP contribution is 2.29. The molecule has 19 heavy (non-hydrogen) atoms. The third kappa shape index (κ3) is 2.81. The Bertz CT molecular complexity index is 586. The first-order valence-electron chi connectivity index (χ1n) is 5.71. The fraction of sp³-hybridized carbons (Fsp3) is 0.545. The summed E-state index contributed by atoms with van der Waals surface area (Å²) in [6, 6.07) is -0.184. The van der Waals surface area contributed by atoms with Crippen molar-refractivity contribution in [2.75, 3.05) is 7.11 Å². The molecule has 0 aliphatic heterocycles. The number of hydrogen-bond donors (Lipinski definition) is 2. The molecule has 6 nitrogen and oxygen atoms in total. The molecule has 1 aromatic rings. The zero-order chi connectivity index (χ0) is 14.2. The number of sulfonamides is 1. The number of carboxylic acid groups (broad SMARTS) is 1. The summed E-state index contributed by atoms with van der Waals surface area (Å²) in [5, 5.41) is 10.6. The maximum Gasteiger partial charge on any atom is 0.347 e. The zero-order valence-electron chi connectivity index (χ0n) is 10.5. The Labute approximate surface area is 115 Å². The molecule has 0 spiro atoms. The molecular formula is C11H15NO5S2. The number of methoxy groups -OCH3 is 1. The molecule has 0 aromatic carbocycles. The summed E-state index contributed by atoms with van der Waals surface area (Å²) in [5.74, 6) is -1.22. The predicted molar refractivity (Wildman–Crippen MR) is 70.2 cm³/mol. The zero-order valence-corrected chi connectivity index (χ0v) is 12.2. The van der Waals surface area contributed by atoms with Gasteiger partial charge in [0.2, 0.25) is 10.0 Å². The van der Waals surface area contributed by atoms with Gasteiger partial charge in [-0.05, 0) is 30.7 Å².